The summed E-state index contributed by atoms with van der Waals surface area (Å²) in [6.45, 7) is 11.6. The first-order chi connectivity index (χ1) is 7.12. The molecule has 0 bridgehead atoms. The summed E-state index contributed by atoms with van der Waals surface area (Å²) in [4.78, 5) is 22.4. The highest BCUT2D eigenvalue weighted by Gasteiger charge is 2.24. The molecule has 0 spiro atoms. The molecule has 0 aliphatic rings. The summed E-state index contributed by atoms with van der Waals surface area (Å²) in [6.07, 6.45) is 0.402. The highest BCUT2D eigenvalue weighted by atomic mass is 16.5. The Morgan fingerprint density at radius 1 is 1.12 bits per heavy atom. The van der Waals surface area contributed by atoms with Crippen molar-refractivity contribution in [2.24, 2.45) is 11.3 Å². The average Bonchev–Trinajstić information content (AvgIpc) is 1.98. The van der Waals surface area contributed by atoms with E-state index in [2.05, 4.69) is 20.8 Å². The van der Waals surface area contributed by atoms with Crippen LogP contribution >= 0.6 is 0 Å². The molecule has 94 valence electrons. The quantitative estimate of drug-likeness (QED) is 0.679. The molecule has 0 heterocycles. The molecule has 0 saturated carbocycles. The molecule has 2 unspecified atom stereocenters. The van der Waals surface area contributed by atoms with Gasteiger partial charge in [0.15, 0.2) is 0 Å². The van der Waals surface area contributed by atoms with Crippen molar-refractivity contribution in [3.63, 3.8) is 0 Å². The summed E-state index contributed by atoms with van der Waals surface area (Å²) in [5.74, 6) is 0.102. The second-order valence-corrected chi connectivity index (χ2v) is 5.68. The molecule has 0 amide bonds. The minimum atomic E-state index is -0.308. The maximum atomic E-state index is 11.6. The lowest BCUT2D eigenvalue weighted by Crippen LogP contribution is -2.24. The molecule has 2 atom stereocenters. The van der Waals surface area contributed by atoms with E-state index >= 15 is 0 Å². The van der Waals surface area contributed by atoms with Gasteiger partial charge in [-0.2, -0.15) is 0 Å². The number of Topliss-reactive ketones (excluding diaryl/α,β-unsaturated/α-hetero) is 1. The van der Waals surface area contributed by atoms with Gasteiger partial charge in [0.05, 0.1) is 0 Å². The van der Waals surface area contributed by atoms with Gasteiger partial charge in [0, 0.05) is 12.8 Å². The Kier molecular flexibility index (Phi) is 5.70. The van der Waals surface area contributed by atoms with Crippen LogP contribution in [0.25, 0.3) is 0 Å². The number of carbonyl (C=O) groups is 2. The molecule has 3 nitrogen and oxygen atoms in total. The van der Waals surface area contributed by atoms with Gasteiger partial charge in [-0.1, -0.05) is 27.7 Å². The van der Waals surface area contributed by atoms with E-state index in [-0.39, 0.29) is 29.2 Å². The highest BCUT2D eigenvalue weighted by Crippen LogP contribution is 2.28. The third-order valence-corrected chi connectivity index (χ3v) is 2.86. The van der Waals surface area contributed by atoms with Gasteiger partial charge in [0.1, 0.15) is 11.9 Å². The average molecular weight is 228 g/mol. The van der Waals surface area contributed by atoms with Crippen molar-refractivity contribution < 1.29 is 14.3 Å². The largest absolute Gasteiger partial charge is 0.462 e. The molecule has 0 aromatic rings. The predicted octanol–water partition coefficient (Wildman–Crippen LogP) is 2.97. The highest BCUT2D eigenvalue weighted by molar-refractivity contribution is 5.76. The van der Waals surface area contributed by atoms with Gasteiger partial charge in [-0.05, 0) is 25.2 Å². The molecular formula is C13H24O3. The number of hydrogen-bond donors (Lipinski definition) is 0. The van der Waals surface area contributed by atoms with Crippen molar-refractivity contribution in [2.75, 3.05) is 0 Å². The number of carbonyl (C=O) groups excluding carboxylic acids is 2. The van der Waals surface area contributed by atoms with E-state index in [0.717, 1.165) is 0 Å². The van der Waals surface area contributed by atoms with Crippen LogP contribution in [0.5, 0.6) is 0 Å². The lowest BCUT2D eigenvalue weighted by molar-refractivity contribution is -0.150. The van der Waals surface area contributed by atoms with Crippen LogP contribution in [0, 0.1) is 11.3 Å². The summed E-state index contributed by atoms with van der Waals surface area (Å²) in [6, 6.07) is 0. The Bertz CT molecular complexity index is 250. The summed E-state index contributed by atoms with van der Waals surface area (Å²) in [5, 5.41) is 0. The first-order valence-corrected chi connectivity index (χ1v) is 5.82. The first kappa shape index (κ1) is 15.1. The Balaban J connectivity index is 4.04. The second kappa shape index (κ2) is 6.02. The van der Waals surface area contributed by atoms with Crippen LogP contribution in [0.15, 0.2) is 0 Å². The van der Waals surface area contributed by atoms with Crippen LogP contribution in [-0.2, 0) is 14.3 Å². The fraction of sp³-hybridized carbons (Fsp3) is 0.846. The zero-order valence-electron chi connectivity index (χ0n) is 11.3. The topological polar surface area (TPSA) is 43.4 Å². The van der Waals surface area contributed by atoms with Gasteiger partial charge in [-0.3, -0.25) is 9.59 Å². The molecule has 0 radical (unpaired) electrons. The molecule has 0 aromatic heterocycles. The molecule has 0 fully saturated rings. The summed E-state index contributed by atoms with van der Waals surface area (Å²) in [5.41, 5.74) is 0.100. The van der Waals surface area contributed by atoms with E-state index in [1.54, 1.807) is 6.92 Å². The normalized spacial score (nSPS) is 15.4. The monoisotopic (exact) mass is 228 g/mol. The lowest BCUT2D eigenvalue weighted by atomic mass is 9.80. The Morgan fingerprint density at radius 3 is 2.00 bits per heavy atom. The van der Waals surface area contributed by atoms with E-state index in [4.69, 9.17) is 4.74 Å². The smallest absolute Gasteiger partial charge is 0.306 e. The van der Waals surface area contributed by atoms with Gasteiger partial charge >= 0.3 is 5.97 Å². The number of ketones is 1. The van der Waals surface area contributed by atoms with Crippen LogP contribution < -0.4 is 0 Å². The van der Waals surface area contributed by atoms with E-state index in [0.29, 0.717) is 12.8 Å². The van der Waals surface area contributed by atoms with Gasteiger partial charge in [-0.15, -0.1) is 0 Å². The molecule has 3 heteroatoms. The molecule has 0 rings (SSSR count). The Hall–Kier alpha value is -0.860. The van der Waals surface area contributed by atoms with Gasteiger partial charge in [-0.25, -0.2) is 0 Å². The minimum Gasteiger partial charge on any atom is -0.462 e. The third kappa shape index (κ3) is 6.59. The molecular weight excluding hydrogens is 204 g/mol. The van der Waals surface area contributed by atoms with E-state index in [1.165, 1.54) is 6.92 Å². The molecule has 0 N–H and O–H groups in total. The molecule has 16 heavy (non-hydrogen) atoms. The summed E-state index contributed by atoms with van der Waals surface area (Å²) < 4.78 is 5.17. The Labute approximate surface area is 98.6 Å². The van der Waals surface area contributed by atoms with Crippen LogP contribution in [0.2, 0.25) is 0 Å². The number of rotatable bonds is 5. The first-order valence-electron chi connectivity index (χ1n) is 5.82. The van der Waals surface area contributed by atoms with Crippen molar-refractivity contribution >= 4 is 11.8 Å². The molecule has 0 aliphatic carbocycles. The van der Waals surface area contributed by atoms with Crippen molar-refractivity contribution in [2.45, 2.75) is 60.5 Å². The molecule has 0 saturated heterocycles. The minimum absolute atomic E-state index is 0.0455. The van der Waals surface area contributed by atoms with Gasteiger partial charge in [0.2, 0.25) is 0 Å². The van der Waals surface area contributed by atoms with Crippen LogP contribution in [0.4, 0.5) is 0 Å². The van der Waals surface area contributed by atoms with Gasteiger partial charge in [0.25, 0.3) is 0 Å². The Morgan fingerprint density at radius 2 is 1.62 bits per heavy atom. The second-order valence-electron chi connectivity index (χ2n) is 5.68. The standard InChI is InChI=1S/C13H24O3/c1-9(13(4,5)6)7-12(15)16-11(3)8-10(2)14/h9,11H,7-8H2,1-6H3. The number of hydrogen-bond acceptors (Lipinski definition) is 3. The van der Waals surface area contributed by atoms with E-state index in [1.807, 2.05) is 6.92 Å². The molecule has 0 aliphatic heterocycles. The van der Waals surface area contributed by atoms with Crippen molar-refractivity contribution in [1.82, 2.24) is 0 Å². The maximum absolute atomic E-state index is 11.6. The SMILES string of the molecule is CC(=O)CC(C)OC(=O)CC(C)C(C)(C)C. The zero-order chi connectivity index (χ0) is 12.9. The van der Waals surface area contributed by atoms with Crippen molar-refractivity contribution in [1.29, 1.82) is 0 Å². The molecule has 0 aromatic carbocycles. The predicted molar refractivity (Wildman–Crippen MR) is 64.1 cm³/mol. The fourth-order valence-corrected chi connectivity index (χ4v) is 1.28. The number of esters is 1. The lowest BCUT2D eigenvalue weighted by Gasteiger charge is -2.26. The van der Waals surface area contributed by atoms with E-state index in [9.17, 15) is 9.59 Å². The van der Waals surface area contributed by atoms with Gasteiger partial charge < -0.3 is 4.74 Å². The van der Waals surface area contributed by atoms with Crippen LogP contribution in [0.3, 0.4) is 0 Å². The summed E-state index contributed by atoms with van der Waals surface area (Å²) in [7, 11) is 0. The number of ether oxygens (including phenoxy) is 1. The van der Waals surface area contributed by atoms with Crippen LogP contribution in [0.1, 0.15) is 54.4 Å². The zero-order valence-corrected chi connectivity index (χ0v) is 11.3. The van der Waals surface area contributed by atoms with Crippen LogP contribution in [-0.4, -0.2) is 17.9 Å². The third-order valence-electron chi connectivity index (χ3n) is 2.86. The maximum Gasteiger partial charge on any atom is 0.306 e. The van der Waals surface area contributed by atoms with Crippen molar-refractivity contribution in [3.8, 4) is 0 Å². The van der Waals surface area contributed by atoms with Crippen molar-refractivity contribution in [3.05, 3.63) is 0 Å². The fourth-order valence-electron chi connectivity index (χ4n) is 1.28. The van der Waals surface area contributed by atoms with E-state index < -0.39 is 0 Å². The summed E-state index contributed by atoms with van der Waals surface area (Å²) >= 11 is 0.